The average molecular weight is 463 g/mol. The topological polar surface area (TPSA) is 40.5 Å². The van der Waals surface area contributed by atoms with Crippen molar-refractivity contribution in [3.05, 3.63) is 0 Å². The zero-order valence-corrected chi connectivity index (χ0v) is 23.1. The molecule has 0 aromatic rings. The molecule has 2 N–H and O–H groups in total. The highest BCUT2D eigenvalue weighted by Crippen LogP contribution is 2.49. The van der Waals surface area contributed by atoms with Gasteiger partial charge in [-0.2, -0.15) is 0 Å². The van der Waals surface area contributed by atoms with E-state index >= 15 is 0 Å². The molecular weight excluding hydrogens is 404 g/mol. The average Bonchev–Trinajstić information content (AvgIpc) is 2.76. The molecule has 0 aromatic heterocycles. The number of hydrogen-bond donors (Lipinski definition) is 2. The van der Waals surface area contributed by atoms with Crippen LogP contribution in [-0.2, 0) is 0 Å². The Morgan fingerprint density at radius 1 is 0.455 bits per heavy atom. The van der Waals surface area contributed by atoms with Crippen molar-refractivity contribution in [2.75, 3.05) is 0 Å². The molecule has 4 aliphatic carbocycles. The van der Waals surface area contributed by atoms with Crippen LogP contribution < -0.4 is 0 Å². The summed E-state index contributed by atoms with van der Waals surface area (Å²) in [5.41, 5.74) is 0.611. The molecular formula is C31H58O2. The Labute approximate surface area is 206 Å². The van der Waals surface area contributed by atoms with E-state index in [9.17, 15) is 10.2 Å². The quantitative estimate of drug-likeness (QED) is 0.443. The van der Waals surface area contributed by atoms with Crippen LogP contribution in [0, 0.1) is 52.8 Å². The Bertz CT molecular complexity index is 507. The molecule has 6 unspecified atom stereocenters. The van der Waals surface area contributed by atoms with Crippen molar-refractivity contribution >= 4 is 0 Å². The SMILES string of the molecule is CC1CCC(C(C)(C)C2CCC(C)CC2)CC1.CC1CCC(C2CCC(C)CC2O)C(O)C1. The van der Waals surface area contributed by atoms with Crippen LogP contribution in [0.15, 0.2) is 0 Å². The standard InChI is InChI=1S/C17H32.C14H26O2/c1-13-5-9-15(10-6-13)17(3,4)16-11-7-14(2)8-12-16;1-9-3-5-11(13(15)7-9)12-6-4-10(2)8-14(12)16/h13-16H,5-12H2,1-4H3;9-16H,3-8H2,1-2H3. The summed E-state index contributed by atoms with van der Waals surface area (Å²) in [6.07, 6.45) is 18.1. The summed E-state index contributed by atoms with van der Waals surface area (Å²) in [7, 11) is 0. The second-order valence-electron chi connectivity index (χ2n) is 14.0. The van der Waals surface area contributed by atoms with Gasteiger partial charge in [0, 0.05) is 0 Å². The maximum absolute atomic E-state index is 10.2. The van der Waals surface area contributed by atoms with Crippen LogP contribution in [0.2, 0.25) is 0 Å². The monoisotopic (exact) mass is 462 g/mol. The smallest absolute Gasteiger partial charge is 0.0574 e. The van der Waals surface area contributed by atoms with Gasteiger partial charge in [0.2, 0.25) is 0 Å². The summed E-state index contributed by atoms with van der Waals surface area (Å²) in [5.74, 6) is 6.05. The lowest BCUT2D eigenvalue weighted by Crippen LogP contribution is -2.41. The van der Waals surface area contributed by atoms with Crippen LogP contribution in [0.3, 0.4) is 0 Å². The van der Waals surface area contributed by atoms with Gasteiger partial charge in [-0.15, -0.1) is 0 Å². The maximum atomic E-state index is 10.2. The van der Waals surface area contributed by atoms with Gasteiger partial charge in [0.25, 0.3) is 0 Å². The van der Waals surface area contributed by atoms with E-state index in [1.165, 1.54) is 64.2 Å². The highest BCUT2D eigenvalue weighted by Gasteiger charge is 2.40. The third-order valence-corrected chi connectivity index (χ3v) is 10.9. The number of aliphatic hydroxyl groups is 2. The lowest BCUT2D eigenvalue weighted by atomic mass is 9.59. The highest BCUT2D eigenvalue weighted by atomic mass is 16.3. The van der Waals surface area contributed by atoms with Crippen LogP contribution in [0.1, 0.15) is 131 Å². The molecule has 2 nitrogen and oxygen atoms in total. The van der Waals surface area contributed by atoms with Gasteiger partial charge in [-0.3, -0.25) is 0 Å². The third-order valence-electron chi connectivity index (χ3n) is 10.9. The maximum Gasteiger partial charge on any atom is 0.0574 e. The van der Waals surface area contributed by atoms with Crippen molar-refractivity contribution < 1.29 is 10.2 Å². The zero-order chi connectivity index (χ0) is 24.2. The molecule has 0 heterocycles. The van der Waals surface area contributed by atoms with Crippen molar-refractivity contribution in [2.45, 2.75) is 144 Å². The van der Waals surface area contributed by atoms with Crippen LogP contribution >= 0.6 is 0 Å². The van der Waals surface area contributed by atoms with Crippen LogP contribution in [0.5, 0.6) is 0 Å². The van der Waals surface area contributed by atoms with E-state index in [2.05, 4.69) is 41.5 Å². The Balaban J connectivity index is 0.000000186. The first-order valence-corrected chi connectivity index (χ1v) is 14.9. The molecule has 2 heteroatoms. The second kappa shape index (κ2) is 12.2. The number of aliphatic hydroxyl groups excluding tert-OH is 2. The molecule has 0 aromatic carbocycles. The zero-order valence-electron chi connectivity index (χ0n) is 23.1. The van der Waals surface area contributed by atoms with Gasteiger partial charge in [-0.1, -0.05) is 80.1 Å². The molecule has 194 valence electrons. The summed E-state index contributed by atoms with van der Waals surface area (Å²) >= 11 is 0. The van der Waals surface area contributed by atoms with Gasteiger partial charge < -0.3 is 10.2 Å². The minimum absolute atomic E-state index is 0.170. The van der Waals surface area contributed by atoms with E-state index in [0.717, 1.165) is 49.4 Å². The van der Waals surface area contributed by atoms with E-state index in [0.29, 0.717) is 29.1 Å². The molecule has 4 fully saturated rings. The van der Waals surface area contributed by atoms with Crippen LogP contribution in [-0.4, -0.2) is 22.4 Å². The van der Waals surface area contributed by atoms with Gasteiger partial charge in [-0.05, 0) is 104 Å². The predicted octanol–water partition coefficient (Wildman–Crippen LogP) is 8.25. The molecule has 4 rings (SSSR count). The molecule has 0 spiro atoms. The van der Waals surface area contributed by atoms with Crippen LogP contribution in [0.25, 0.3) is 0 Å². The van der Waals surface area contributed by atoms with Gasteiger partial charge in [0.05, 0.1) is 12.2 Å². The lowest BCUT2D eigenvalue weighted by Gasteiger charge is -2.46. The summed E-state index contributed by atoms with van der Waals surface area (Å²) < 4.78 is 0. The fourth-order valence-electron chi connectivity index (χ4n) is 8.09. The van der Waals surface area contributed by atoms with Gasteiger partial charge in [0.15, 0.2) is 0 Å². The van der Waals surface area contributed by atoms with Crippen LogP contribution in [0.4, 0.5) is 0 Å². The number of rotatable bonds is 3. The third kappa shape index (κ3) is 7.45. The van der Waals surface area contributed by atoms with E-state index in [1.54, 1.807) is 0 Å². The summed E-state index contributed by atoms with van der Waals surface area (Å²) in [6.45, 7) is 14.5. The van der Waals surface area contributed by atoms with Gasteiger partial charge in [-0.25, -0.2) is 0 Å². The summed E-state index contributed by atoms with van der Waals surface area (Å²) in [5, 5.41) is 20.3. The van der Waals surface area contributed by atoms with Crippen molar-refractivity contribution in [1.29, 1.82) is 0 Å². The fraction of sp³-hybridized carbons (Fsp3) is 1.00. The van der Waals surface area contributed by atoms with E-state index in [1.807, 2.05) is 0 Å². The van der Waals surface area contributed by atoms with Crippen molar-refractivity contribution in [2.24, 2.45) is 52.8 Å². The molecule has 0 radical (unpaired) electrons. The summed E-state index contributed by atoms with van der Waals surface area (Å²) in [6, 6.07) is 0. The molecule has 0 saturated heterocycles. The van der Waals surface area contributed by atoms with Gasteiger partial charge >= 0.3 is 0 Å². The molecule has 4 saturated carbocycles. The van der Waals surface area contributed by atoms with E-state index in [4.69, 9.17) is 0 Å². The van der Waals surface area contributed by atoms with E-state index < -0.39 is 0 Å². The molecule has 4 aliphatic rings. The molecule has 6 atom stereocenters. The second-order valence-corrected chi connectivity index (χ2v) is 14.0. The highest BCUT2D eigenvalue weighted by molar-refractivity contribution is 4.90. The lowest BCUT2D eigenvalue weighted by molar-refractivity contribution is -0.0498. The molecule has 0 bridgehead atoms. The molecule has 0 aliphatic heterocycles. The first-order valence-electron chi connectivity index (χ1n) is 14.9. The predicted molar refractivity (Wildman–Crippen MR) is 141 cm³/mol. The Kier molecular flexibility index (Phi) is 10.2. The first kappa shape index (κ1) is 27.5. The largest absolute Gasteiger partial charge is 0.393 e. The van der Waals surface area contributed by atoms with Gasteiger partial charge in [0.1, 0.15) is 0 Å². The number of hydrogen-bond acceptors (Lipinski definition) is 2. The summed E-state index contributed by atoms with van der Waals surface area (Å²) in [4.78, 5) is 0. The molecule has 33 heavy (non-hydrogen) atoms. The Morgan fingerprint density at radius 2 is 0.758 bits per heavy atom. The first-order chi connectivity index (χ1) is 15.6. The Morgan fingerprint density at radius 3 is 1.06 bits per heavy atom. The fourth-order valence-corrected chi connectivity index (χ4v) is 8.09. The minimum atomic E-state index is -0.170. The van der Waals surface area contributed by atoms with Crippen molar-refractivity contribution in [3.8, 4) is 0 Å². The van der Waals surface area contributed by atoms with E-state index in [-0.39, 0.29) is 12.2 Å². The Hall–Kier alpha value is -0.0800. The normalized spacial score (nSPS) is 45.1. The molecule has 0 amide bonds. The van der Waals surface area contributed by atoms with Crippen molar-refractivity contribution in [3.63, 3.8) is 0 Å². The van der Waals surface area contributed by atoms with Crippen molar-refractivity contribution in [1.82, 2.24) is 0 Å². The minimum Gasteiger partial charge on any atom is -0.393 e.